The standard InChI is InChI=1S/C25H32ClN3O4/c1-5-32-24(30)22-21(18-11-7-8-12-19(18)26)20(25(31)33-16(2)3)17(4)28-23(22)27-15-29-13-9-6-10-14-29/h7-8,11-12,15-16,21,28H,5-6,9-10,13-14H2,1-4H3. The summed E-state index contributed by atoms with van der Waals surface area (Å²) < 4.78 is 10.9. The molecule has 8 heteroatoms. The zero-order valence-electron chi connectivity index (χ0n) is 19.7. The highest BCUT2D eigenvalue weighted by molar-refractivity contribution is 6.31. The summed E-state index contributed by atoms with van der Waals surface area (Å²) in [5.74, 6) is -1.50. The summed E-state index contributed by atoms with van der Waals surface area (Å²) in [5, 5.41) is 3.60. The molecule has 1 N–H and O–H groups in total. The topological polar surface area (TPSA) is 80.2 Å². The number of piperidine rings is 1. The van der Waals surface area contributed by atoms with Crippen molar-refractivity contribution in [3.05, 3.63) is 57.5 Å². The van der Waals surface area contributed by atoms with Crippen LogP contribution in [0.15, 0.2) is 51.9 Å². The molecule has 0 radical (unpaired) electrons. The van der Waals surface area contributed by atoms with Gasteiger partial charge in [-0.15, -0.1) is 0 Å². The van der Waals surface area contributed by atoms with Gasteiger partial charge in [-0.3, -0.25) is 0 Å². The van der Waals surface area contributed by atoms with Gasteiger partial charge < -0.3 is 19.7 Å². The number of dihydropyridines is 1. The lowest BCUT2D eigenvalue weighted by atomic mass is 9.81. The third kappa shape index (κ3) is 5.96. The minimum Gasteiger partial charge on any atom is -0.463 e. The number of hydrogen-bond acceptors (Lipinski definition) is 6. The van der Waals surface area contributed by atoms with Crippen LogP contribution in [0.25, 0.3) is 0 Å². The summed E-state index contributed by atoms with van der Waals surface area (Å²) >= 11 is 6.56. The number of ether oxygens (including phenoxy) is 2. The molecule has 7 nitrogen and oxygen atoms in total. The maximum atomic E-state index is 13.2. The Labute approximate surface area is 200 Å². The van der Waals surface area contributed by atoms with Gasteiger partial charge in [0.05, 0.1) is 36.1 Å². The largest absolute Gasteiger partial charge is 0.463 e. The van der Waals surface area contributed by atoms with Crippen molar-refractivity contribution in [1.82, 2.24) is 10.2 Å². The summed E-state index contributed by atoms with van der Waals surface area (Å²) in [5.41, 5.74) is 1.73. The van der Waals surface area contributed by atoms with E-state index in [-0.39, 0.29) is 18.3 Å². The number of allylic oxidation sites excluding steroid dienone is 1. The number of esters is 2. The van der Waals surface area contributed by atoms with Crippen LogP contribution in [0.2, 0.25) is 5.02 Å². The van der Waals surface area contributed by atoms with E-state index >= 15 is 0 Å². The molecule has 0 amide bonds. The SMILES string of the molecule is CCOC(=O)C1=C(N=CN2CCCCC2)NC(C)=C(C(=O)OC(C)C)C1c1ccccc1Cl. The molecule has 1 saturated heterocycles. The molecular weight excluding hydrogens is 442 g/mol. The molecule has 2 aliphatic rings. The maximum Gasteiger partial charge on any atom is 0.338 e. The highest BCUT2D eigenvalue weighted by Gasteiger charge is 2.40. The average molecular weight is 474 g/mol. The van der Waals surface area contributed by atoms with E-state index in [1.54, 1.807) is 52.2 Å². The Morgan fingerprint density at radius 2 is 1.88 bits per heavy atom. The number of benzene rings is 1. The number of carbonyl (C=O) groups excluding carboxylic acids is 2. The molecule has 0 aliphatic carbocycles. The molecule has 1 aromatic rings. The predicted molar refractivity (Wildman–Crippen MR) is 129 cm³/mol. The number of nitrogens with one attached hydrogen (secondary N) is 1. The normalized spacial score (nSPS) is 19.2. The molecule has 0 bridgehead atoms. The van der Waals surface area contributed by atoms with Crippen molar-refractivity contribution >= 4 is 29.9 Å². The number of likely N-dealkylation sites (tertiary alicyclic amines) is 1. The number of nitrogens with zero attached hydrogens (tertiary/aromatic N) is 2. The van der Waals surface area contributed by atoms with Crippen molar-refractivity contribution in [1.29, 1.82) is 0 Å². The summed E-state index contributed by atoms with van der Waals surface area (Å²) in [4.78, 5) is 33.2. The Kier molecular flexibility index (Phi) is 8.55. The Balaban J connectivity index is 2.15. The molecule has 1 unspecified atom stereocenters. The van der Waals surface area contributed by atoms with Crippen LogP contribution in [-0.2, 0) is 19.1 Å². The van der Waals surface area contributed by atoms with E-state index in [4.69, 9.17) is 21.1 Å². The van der Waals surface area contributed by atoms with Crippen LogP contribution in [0.1, 0.15) is 58.4 Å². The molecule has 2 heterocycles. The van der Waals surface area contributed by atoms with Gasteiger partial charge in [0.15, 0.2) is 0 Å². The average Bonchev–Trinajstić information content (AvgIpc) is 2.77. The summed E-state index contributed by atoms with van der Waals surface area (Å²) in [6.45, 7) is 9.11. The molecule has 1 fully saturated rings. The first kappa shape index (κ1) is 24.8. The van der Waals surface area contributed by atoms with E-state index < -0.39 is 17.9 Å². The second-order valence-corrected chi connectivity index (χ2v) is 8.80. The van der Waals surface area contributed by atoms with Crippen molar-refractivity contribution in [2.75, 3.05) is 19.7 Å². The van der Waals surface area contributed by atoms with Crippen LogP contribution in [0.4, 0.5) is 0 Å². The number of hydrogen-bond donors (Lipinski definition) is 1. The predicted octanol–water partition coefficient (Wildman–Crippen LogP) is 4.54. The van der Waals surface area contributed by atoms with E-state index in [9.17, 15) is 9.59 Å². The number of carbonyl (C=O) groups is 2. The van der Waals surface area contributed by atoms with Gasteiger partial charge in [-0.25, -0.2) is 14.6 Å². The zero-order valence-corrected chi connectivity index (χ0v) is 20.4. The van der Waals surface area contributed by atoms with Crippen molar-refractivity contribution in [3.63, 3.8) is 0 Å². The van der Waals surface area contributed by atoms with E-state index in [2.05, 4.69) is 15.2 Å². The number of rotatable bonds is 7. The highest BCUT2D eigenvalue weighted by Crippen LogP contribution is 2.42. The molecule has 33 heavy (non-hydrogen) atoms. The minimum atomic E-state index is -0.779. The second-order valence-electron chi connectivity index (χ2n) is 8.40. The molecule has 0 spiro atoms. The fourth-order valence-electron chi connectivity index (χ4n) is 4.08. The second kappa shape index (κ2) is 11.4. The van der Waals surface area contributed by atoms with E-state index in [0.717, 1.165) is 25.9 Å². The van der Waals surface area contributed by atoms with Gasteiger partial charge in [0.2, 0.25) is 0 Å². The number of aliphatic imine (C=N–C) groups is 1. The first-order valence-electron chi connectivity index (χ1n) is 11.5. The van der Waals surface area contributed by atoms with Gasteiger partial charge in [0, 0.05) is 23.8 Å². The lowest BCUT2D eigenvalue weighted by molar-refractivity contribution is -0.143. The van der Waals surface area contributed by atoms with E-state index in [1.807, 2.05) is 6.07 Å². The van der Waals surface area contributed by atoms with Gasteiger partial charge in [-0.1, -0.05) is 29.8 Å². The first-order valence-corrected chi connectivity index (χ1v) is 11.8. The van der Waals surface area contributed by atoms with E-state index in [1.165, 1.54) is 6.42 Å². The van der Waals surface area contributed by atoms with Crippen molar-refractivity contribution < 1.29 is 19.1 Å². The summed E-state index contributed by atoms with van der Waals surface area (Å²) in [7, 11) is 0. The third-order valence-corrected chi connectivity index (χ3v) is 5.90. The van der Waals surface area contributed by atoms with Gasteiger partial charge in [0.1, 0.15) is 5.82 Å². The van der Waals surface area contributed by atoms with Crippen LogP contribution in [0, 0.1) is 0 Å². The molecule has 1 aromatic carbocycles. The zero-order chi connectivity index (χ0) is 24.0. The van der Waals surface area contributed by atoms with Crippen LogP contribution in [0.3, 0.4) is 0 Å². The van der Waals surface area contributed by atoms with Crippen molar-refractivity contribution in [3.8, 4) is 0 Å². The first-order chi connectivity index (χ1) is 15.8. The highest BCUT2D eigenvalue weighted by atomic mass is 35.5. The lowest BCUT2D eigenvalue weighted by Crippen LogP contribution is -2.34. The van der Waals surface area contributed by atoms with Gasteiger partial charge in [-0.2, -0.15) is 0 Å². The molecule has 0 aromatic heterocycles. The van der Waals surface area contributed by atoms with Crippen LogP contribution < -0.4 is 5.32 Å². The van der Waals surface area contributed by atoms with E-state index in [0.29, 0.717) is 27.7 Å². The van der Waals surface area contributed by atoms with Gasteiger partial charge >= 0.3 is 11.9 Å². The molecule has 3 rings (SSSR count). The molecule has 2 aliphatic heterocycles. The summed E-state index contributed by atoms with van der Waals surface area (Å²) in [6.07, 6.45) is 4.86. The quantitative estimate of drug-likeness (QED) is 0.355. The number of halogens is 1. The molecular formula is C25H32ClN3O4. The Hall–Kier alpha value is -2.80. The van der Waals surface area contributed by atoms with Crippen LogP contribution >= 0.6 is 11.6 Å². The van der Waals surface area contributed by atoms with Gasteiger partial charge in [0.25, 0.3) is 0 Å². The summed E-state index contributed by atoms with van der Waals surface area (Å²) in [6, 6.07) is 7.17. The Morgan fingerprint density at radius 1 is 1.18 bits per heavy atom. The maximum absolute atomic E-state index is 13.2. The Morgan fingerprint density at radius 3 is 2.52 bits per heavy atom. The smallest absolute Gasteiger partial charge is 0.338 e. The molecule has 0 saturated carbocycles. The monoisotopic (exact) mass is 473 g/mol. The van der Waals surface area contributed by atoms with Gasteiger partial charge in [-0.05, 0) is 58.6 Å². The van der Waals surface area contributed by atoms with Crippen LogP contribution in [0.5, 0.6) is 0 Å². The minimum absolute atomic E-state index is 0.190. The lowest BCUT2D eigenvalue weighted by Gasteiger charge is -2.31. The fraction of sp³-hybridized carbons (Fsp3) is 0.480. The third-order valence-electron chi connectivity index (χ3n) is 5.56. The molecule has 1 atom stereocenters. The van der Waals surface area contributed by atoms with Crippen molar-refractivity contribution in [2.45, 2.75) is 59.0 Å². The fourth-order valence-corrected chi connectivity index (χ4v) is 4.32. The molecule has 178 valence electrons. The Bertz CT molecular complexity index is 978. The van der Waals surface area contributed by atoms with Crippen molar-refractivity contribution in [2.24, 2.45) is 4.99 Å². The van der Waals surface area contributed by atoms with Crippen LogP contribution in [-0.4, -0.2) is 49.0 Å².